The SMILES string of the molecule is CCc1nc2c(C)cc(C)nc2n1Cc1ccc(N[C@H]2CC[C@H](C(=O)N3CCCC3)CC2)cc1. The molecule has 0 bridgehead atoms. The van der Waals surface area contributed by atoms with E-state index in [4.69, 9.17) is 9.97 Å². The maximum Gasteiger partial charge on any atom is 0.225 e. The minimum Gasteiger partial charge on any atom is -0.382 e. The summed E-state index contributed by atoms with van der Waals surface area (Å²) in [6.07, 6.45) is 7.37. The van der Waals surface area contributed by atoms with Gasteiger partial charge in [-0.1, -0.05) is 19.1 Å². The van der Waals surface area contributed by atoms with Crippen molar-refractivity contribution in [3.8, 4) is 0 Å². The fraction of sp³-hybridized carbons (Fsp3) is 0.536. The van der Waals surface area contributed by atoms with Gasteiger partial charge in [-0.3, -0.25) is 4.79 Å². The number of aromatic nitrogens is 3. The van der Waals surface area contributed by atoms with Crippen LogP contribution >= 0.6 is 0 Å². The molecule has 2 fully saturated rings. The molecule has 2 aromatic heterocycles. The maximum absolute atomic E-state index is 12.7. The average molecular weight is 460 g/mol. The van der Waals surface area contributed by atoms with Crippen LogP contribution in [0.2, 0.25) is 0 Å². The van der Waals surface area contributed by atoms with E-state index in [0.717, 1.165) is 80.1 Å². The third-order valence-corrected chi connectivity index (χ3v) is 7.58. The van der Waals surface area contributed by atoms with Crippen molar-refractivity contribution in [1.29, 1.82) is 0 Å². The van der Waals surface area contributed by atoms with Crippen LogP contribution in [0.15, 0.2) is 30.3 Å². The smallest absolute Gasteiger partial charge is 0.225 e. The molecule has 5 rings (SSSR count). The van der Waals surface area contributed by atoms with Gasteiger partial charge in [0.05, 0.1) is 6.54 Å². The topological polar surface area (TPSA) is 63.1 Å². The number of carbonyl (C=O) groups is 1. The molecule has 6 heteroatoms. The molecule has 0 unspecified atom stereocenters. The molecule has 1 saturated heterocycles. The van der Waals surface area contributed by atoms with Crippen LogP contribution in [-0.2, 0) is 17.8 Å². The molecule has 180 valence electrons. The number of nitrogens with one attached hydrogen (secondary N) is 1. The van der Waals surface area contributed by atoms with E-state index in [1.807, 2.05) is 6.92 Å². The molecule has 0 radical (unpaired) electrons. The van der Waals surface area contributed by atoms with E-state index < -0.39 is 0 Å². The first-order valence-electron chi connectivity index (χ1n) is 13.0. The van der Waals surface area contributed by atoms with Crippen molar-refractivity contribution in [2.24, 2.45) is 5.92 Å². The highest BCUT2D eigenvalue weighted by atomic mass is 16.2. The van der Waals surface area contributed by atoms with Gasteiger partial charge in [0, 0.05) is 42.9 Å². The molecule has 1 amide bonds. The fourth-order valence-electron chi connectivity index (χ4n) is 5.69. The summed E-state index contributed by atoms with van der Waals surface area (Å²) in [4.78, 5) is 24.4. The Morgan fingerprint density at radius 2 is 1.74 bits per heavy atom. The first-order chi connectivity index (χ1) is 16.5. The van der Waals surface area contributed by atoms with Crippen LogP contribution in [0, 0.1) is 19.8 Å². The van der Waals surface area contributed by atoms with Gasteiger partial charge >= 0.3 is 0 Å². The van der Waals surface area contributed by atoms with Crippen LogP contribution in [0.3, 0.4) is 0 Å². The van der Waals surface area contributed by atoms with Gasteiger partial charge in [0.15, 0.2) is 5.65 Å². The van der Waals surface area contributed by atoms with E-state index in [0.29, 0.717) is 11.9 Å². The monoisotopic (exact) mass is 459 g/mol. The number of imidazole rings is 1. The number of fused-ring (bicyclic) bond motifs is 1. The van der Waals surface area contributed by atoms with Crippen LogP contribution < -0.4 is 5.32 Å². The van der Waals surface area contributed by atoms with Crippen LogP contribution in [0.25, 0.3) is 11.2 Å². The molecule has 1 saturated carbocycles. The number of likely N-dealkylation sites (tertiary alicyclic amines) is 1. The van der Waals surface area contributed by atoms with Crippen molar-refractivity contribution < 1.29 is 4.79 Å². The Labute approximate surface area is 202 Å². The van der Waals surface area contributed by atoms with Crippen LogP contribution in [-0.4, -0.2) is 44.5 Å². The highest BCUT2D eigenvalue weighted by Crippen LogP contribution is 2.29. The van der Waals surface area contributed by atoms with Gasteiger partial charge in [-0.05, 0) is 81.7 Å². The number of rotatable bonds is 6. The quantitative estimate of drug-likeness (QED) is 0.547. The Morgan fingerprint density at radius 3 is 2.41 bits per heavy atom. The molecule has 0 spiro atoms. The second-order valence-corrected chi connectivity index (χ2v) is 10.1. The molecule has 6 nitrogen and oxygen atoms in total. The third kappa shape index (κ3) is 4.68. The highest BCUT2D eigenvalue weighted by molar-refractivity contribution is 5.79. The van der Waals surface area contributed by atoms with Gasteiger partial charge < -0.3 is 14.8 Å². The minimum absolute atomic E-state index is 0.233. The molecule has 0 atom stereocenters. The summed E-state index contributed by atoms with van der Waals surface area (Å²) in [5, 5.41) is 3.71. The lowest BCUT2D eigenvalue weighted by molar-refractivity contribution is -0.135. The summed E-state index contributed by atoms with van der Waals surface area (Å²) in [7, 11) is 0. The summed E-state index contributed by atoms with van der Waals surface area (Å²) in [5.74, 6) is 1.72. The number of hydrogen-bond acceptors (Lipinski definition) is 4. The highest BCUT2D eigenvalue weighted by Gasteiger charge is 2.30. The van der Waals surface area contributed by atoms with Gasteiger partial charge in [-0.25, -0.2) is 9.97 Å². The predicted octanol–water partition coefficient (Wildman–Crippen LogP) is 5.25. The minimum atomic E-state index is 0.233. The van der Waals surface area contributed by atoms with Crippen molar-refractivity contribution in [3.05, 3.63) is 53.0 Å². The molecule has 3 aromatic rings. The van der Waals surface area contributed by atoms with E-state index in [9.17, 15) is 4.79 Å². The largest absolute Gasteiger partial charge is 0.382 e. The number of hydrogen-bond donors (Lipinski definition) is 1. The number of pyridine rings is 1. The average Bonchev–Trinajstić information content (AvgIpc) is 3.49. The first-order valence-corrected chi connectivity index (χ1v) is 13.0. The van der Waals surface area contributed by atoms with Crippen LogP contribution in [0.1, 0.15) is 68.1 Å². The summed E-state index contributed by atoms with van der Waals surface area (Å²) in [6.45, 7) is 9.02. The number of amides is 1. The zero-order chi connectivity index (χ0) is 23.7. The first kappa shape index (κ1) is 22.9. The molecule has 1 aromatic carbocycles. The molecule has 1 N–H and O–H groups in total. The molecule has 2 aliphatic rings. The Bertz CT molecular complexity index is 1150. The Morgan fingerprint density at radius 1 is 1.03 bits per heavy atom. The summed E-state index contributed by atoms with van der Waals surface area (Å²) in [5.41, 5.74) is 6.63. The lowest BCUT2D eigenvalue weighted by atomic mass is 9.85. The molecule has 1 aliphatic heterocycles. The Hall–Kier alpha value is -2.89. The van der Waals surface area contributed by atoms with Gasteiger partial charge in [0.25, 0.3) is 0 Å². The number of benzene rings is 1. The summed E-state index contributed by atoms with van der Waals surface area (Å²) in [6, 6.07) is 11.3. The van der Waals surface area contributed by atoms with Crippen LogP contribution in [0.4, 0.5) is 5.69 Å². The Kier molecular flexibility index (Phi) is 6.57. The number of carbonyl (C=O) groups excluding carboxylic acids is 1. The molecule has 34 heavy (non-hydrogen) atoms. The standard InChI is InChI=1S/C28H37N5O/c1-4-25-31-26-19(2)17-20(3)29-27(26)33(25)18-21-7-11-23(12-8-21)30-24-13-9-22(10-14-24)28(34)32-15-5-6-16-32/h7-8,11-12,17,22,24,30H,4-6,9-10,13-16,18H2,1-3H3/t22-,24-. The predicted molar refractivity (Wildman–Crippen MR) is 137 cm³/mol. The number of nitrogens with zero attached hydrogens (tertiary/aromatic N) is 4. The normalized spacial score (nSPS) is 20.7. The molecular formula is C28H37N5O. The van der Waals surface area contributed by atoms with Crippen molar-refractivity contribution in [2.45, 2.75) is 78.3 Å². The molecule has 1 aliphatic carbocycles. The van der Waals surface area contributed by atoms with Crippen LogP contribution in [0.5, 0.6) is 0 Å². The maximum atomic E-state index is 12.7. The van der Waals surface area contributed by atoms with Gasteiger partial charge in [-0.2, -0.15) is 0 Å². The van der Waals surface area contributed by atoms with Crippen molar-refractivity contribution in [2.75, 3.05) is 18.4 Å². The van der Waals surface area contributed by atoms with Crippen molar-refractivity contribution in [1.82, 2.24) is 19.4 Å². The van der Waals surface area contributed by atoms with Crippen molar-refractivity contribution >= 4 is 22.8 Å². The zero-order valence-corrected chi connectivity index (χ0v) is 20.8. The van der Waals surface area contributed by atoms with E-state index in [-0.39, 0.29) is 5.92 Å². The van der Waals surface area contributed by atoms with E-state index in [2.05, 4.69) is 59.0 Å². The summed E-state index contributed by atoms with van der Waals surface area (Å²) >= 11 is 0. The zero-order valence-electron chi connectivity index (χ0n) is 20.8. The Balaban J connectivity index is 1.21. The van der Waals surface area contributed by atoms with Crippen molar-refractivity contribution in [3.63, 3.8) is 0 Å². The van der Waals surface area contributed by atoms with E-state index in [1.54, 1.807) is 0 Å². The molecule has 3 heterocycles. The van der Waals surface area contributed by atoms with Gasteiger partial charge in [-0.15, -0.1) is 0 Å². The second kappa shape index (κ2) is 9.77. The van der Waals surface area contributed by atoms with E-state index in [1.165, 1.54) is 24.0 Å². The third-order valence-electron chi connectivity index (χ3n) is 7.58. The van der Waals surface area contributed by atoms with Gasteiger partial charge in [0.2, 0.25) is 5.91 Å². The lowest BCUT2D eigenvalue weighted by Crippen LogP contribution is -2.37. The number of aryl methyl sites for hydroxylation is 3. The molecular weight excluding hydrogens is 422 g/mol. The fourth-order valence-corrected chi connectivity index (χ4v) is 5.69. The number of anilines is 1. The second-order valence-electron chi connectivity index (χ2n) is 10.1. The van der Waals surface area contributed by atoms with Gasteiger partial charge in [0.1, 0.15) is 11.3 Å². The lowest BCUT2D eigenvalue weighted by Gasteiger charge is -2.31. The summed E-state index contributed by atoms with van der Waals surface area (Å²) < 4.78 is 2.26. The van der Waals surface area contributed by atoms with E-state index >= 15 is 0 Å².